The van der Waals surface area contributed by atoms with Gasteiger partial charge in [0.15, 0.2) is 0 Å². The van der Waals surface area contributed by atoms with Crippen LogP contribution in [0.1, 0.15) is 15.4 Å². The second-order valence-electron chi connectivity index (χ2n) is 5.87. The predicted octanol–water partition coefficient (Wildman–Crippen LogP) is 2.98. The van der Waals surface area contributed by atoms with Crippen molar-refractivity contribution in [3.63, 3.8) is 0 Å². The molecule has 1 heterocycles. The third kappa shape index (κ3) is 5.58. The number of hydrogen-bond acceptors (Lipinski definition) is 8. The van der Waals surface area contributed by atoms with Gasteiger partial charge in [0.05, 0.1) is 9.82 Å². The van der Waals surface area contributed by atoms with Crippen molar-refractivity contribution in [1.29, 1.82) is 0 Å². The van der Waals surface area contributed by atoms with E-state index in [0.29, 0.717) is 23.5 Å². The molecule has 3 aromatic rings. The fraction of sp³-hybridized carbons (Fsp3) is 0.118. The molecule has 1 amide bonds. The molecule has 13 heteroatoms. The van der Waals surface area contributed by atoms with Crippen LogP contribution in [0.15, 0.2) is 57.9 Å². The van der Waals surface area contributed by atoms with Crippen LogP contribution in [-0.4, -0.2) is 36.0 Å². The zero-order valence-corrected chi connectivity index (χ0v) is 18.3. The molecule has 0 bridgehead atoms. The second-order valence-corrected chi connectivity index (χ2v) is 9.53. The van der Waals surface area contributed by atoms with E-state index >= 15 is 0 Å². The van der Waals surface area contributed by atoms with E-state index in [9.17, 15) is 23.3 Å². The van der Waals surface area contributed by atoms with Crippen molar-refractivity contribution in [2.24, 2.45) is 0 Å². The first-order valence-electron chi connectivity index (χ1n) is 8.38. The lowest BCUT2D eigenvalue weighted by atomic mass is 10.2. The number of nitrogens with zero attached hydrogens (tertiary/aromatic N) is 3. The van der Waals surface area contributed by atoms with Crippen LogP contribution in [0.3, 0.4) is 0 Å². The van der Waals surface area contributed by atoms with Crippen LogP contribution in [-0.2, 0) is 16.4 Å². The minimum atomic E-state index is -3.96. The smallest absolute Gasteiger partial charge is 0.269 e. The summed E-state index contributed by atoms with van der Waals surface area (Å²) in [6.45, 7) is 0.301. The number of halogens is 1. The van der Waals surface area contributed by atoms with Gasteiger partial charge in [0.25, 0.3) is 21.6 Å². The Labute approximate surface area is 183 Å². The lowest BCUT2D eigenvalue weighted by molar-refractivity contribution is -0.384. The van der Waals surface area contributed by atoms with E-state index in [2.05, 4.69) is 36.2 Å². The highest BCUT2D eigenvalue weighted by Gasteiger charge is 2.18. The van der Waals surface area contributed by atoms with Gasteiger partial charge >= 0.3 is 0 Å². The Morgan fingerprint density at radius 3 is 2.57 bits per heavy atom. The molecule has 30 heavy (non-hydrogen) atoms. The molecule has 0 radical (unpaired) electrons. The molecule has 0 saturated heterocycles. The van der Waals surface area contributed by atoms with E-state index in [0.717, 1.165) is 40.1 Å². The molecular formula is C17H14BrN5O5S2. The summed E-state index contributed by atoms with van der Waals surface area (Å²) >= 11 is 4.34. The number of sulfonamides is 1. The molecule has 0 spiro atoms. The van der Waals surface area contributed by atoms with Gasteiger partial charge in [-0.3, -0.25) is 19.6 Å². The van der Waals surface area contributed by atoms with Gasteiger partial charge in [0.2, 0.25) is 5.13 Å². The molecule has 156 valence electrons. The number of carbonyl (C=O) groups is 1. The maximum absolute atomic E-state index is 12.4. The van der Waals surface area contributed by atoms with Crippen molar-refractivity contribution in [2.45, 2.75) is 11.3 Å². The van der Waals surface area contributed by atoms with Crippen LogP contribution in [0.2, 0.25) is 0 Å². The van der Waals surface area contributed by atoms with E-state index in [-0.39, 0.29) is 21.6 Å². The number of anilines is 1. The van der Waals surface area contributed by atoms with Crippen molar-refractivity contribution in [1.82, 2.24) is 15.5 Å². The number of aromatic nitrogens is 2. The van der Waals surface area contributed by atoms with Crippen LogP contribution in [0.5, 0.6) is 0 Å². The molecule has 2 aromatic carbocycles. The largest absolute Gasteiger partial charge is 0.352 e. The molecule has 0 unspecified atom stereocenters. The topological polar surface area (TPSA) is 144 Å². The van der Waals surface area contributed by atoms with Crippen LogP contribution in [0, 0.1) is 10.1 Å². The Bertz CT molecular complexity index is 1180. The molecule has 0 atom stereocenters. The standard InChI is InChI=1S/C17H14BrN5O5S2/c18-12-3-1-2-11(10-12)16(24)19-9-8-15-20-21-17(29-15)22-30(27,28)14-6-4-13(5-7-14)23(25)26/h1-7,10H,8-9H2,(H,19,24)(H,21,22). The first kappa shape index (κ1) is 21.8. The van der Waals surface area contributed by atoms with Gasteiger partial charge in [-0.15, -0.1) is 10.2 Å². The number of amides is 1. The lowest BCUT2D eigenvalue weighted by Gasteiger charge is -2.04. The summed E-state index contributed by atoms with van der Waals surface area (Å²) in [7, 11) is -3.96. The van der Waals surface area contributed by atoms with Crippen molar-refractivity contribution < 1.29 is 18.1 Å². The number of nitro groups is 1. The third-order valence-electron chi connectivity index (χ3n) is 3.76. The van der Waals surface area contributed by atoms with Crippen LogP contribution < -0.4 is 10.0 Å². The van der Waals surface area contributed by atoms with Crippen LogP contribution in [0.4, 0.5) is 10.8 Å². The van der Waals surface area contributed by atoms with Gasteiger partial charge in [-0.2, -0.15) is 0 Å². The number of nitro benzene ring substituents is 1. The Morgan fingerprint density at radius 1 is 1.17 bits per heavy atom. The first-order valence-corrected chi connectivity index (χ1v) is 11.5. The van der Waals surface area contributed by atoms with Crippen LogP contribution in [0.25, 0.3) is 0 Å². The summed E-state index contributed by atoms with van der Waals surface area (Å²) in [5.41, 5.74) is 0.301. The predicted molar refractivity (Wildman–Crippen MR) is 114 cm³/mol. The summed E-state index contributed by atoms with van der Waals surface area (Å²) in [5, 5.41) is 21.7. The van der Waals surface area contributed by atoms with Crippen molar-refractivity contribution >= 4 is 54.0 Å². The number of nitrogens with one attached hydrogen (secondary N) is 2. The average molecular weight is 512 g/mol. The quantitative estimate of drug-likeness (QED) is 0.349. The third-order valence-corrected chi connectivity index (χ3v) is 6.63. The molecule has 10 nitrogen and oxygen atoms in total. The zero-order valence-electron chi connectivity index (χ0n) is 15.1. The highest BCUT2D eigenvalue weighted by atomic mass is 79.9. The number of carbonyl (C=O) groups excluding carboxylic acids is 1. The lowest BCUT2D eigenvalue weighted by Crippen LogP contribution is -2.25. The van der Waals surface area contributed by atoms with Gasteiger partial charge in [0, 0.05) is 35.1 Å². The van der Waals surface area contributed by atoms with Crippen molar-refractivity contribution in [3.8, 4) is 0 Å². The Hall–Kier alpha value is -2.90. The van der Waals surface area contributed by atoms with Gasteiger partial charge in [0.1, 0.15) is 5.01 Å². The van der Waals surface area contributed by atoms with Gasteiger partial charge in [-0.1, -0.05) is 33.3 Å². The van der Waals surface area contributed by atoms with Crippen molar-refractivity contribution in [2.75, 3.05) is 11.3 Å². The monoisotopic (exact) mass is 511 g/mol. The van der Waals surface area contributed by atoms with E-state index in [1.165, 1.54) is 0 Å². The number of non-ortho nitro benzene ring substituents is 1. The van der Waals surface area contributed by atoms with Crippen LogP contribution >= 0.6 is 27.3 Å². The SMILES string of the molecule is O=C(NCCc1nnc(NS(=O)(=O)c2ccc([N+](=O)[O-])cc2)s1)c1cccc(Br)c1. The number of hydrogen-bond donors (Lipinski definition) is 2. The maximum Gasteiger partial charge on any atom is 0.269 e. The van der Waals surface area contributed by atoms with Crippen molar-refractivity contribution in [3.05, 3.63) is 73.7 Å². The summed E-state index contributed by atoms with van der Waals surface area (Å²) in [6, 6.07) is 11.5. The number of rotatable bonds is 8. The van der Waals surface area contributed by atoms with E-state index < -0.39 is 14.9 Å². The molecule has 2 N–H and O–H groups in total. The first-order chi connectivity index (χ1) is 14.2. The second kappa shape index (κ2) is 9.28. The van der Waals surface area contributed by atoms with E-state index in [1.54, 1.807) is 18.2 Å². The maximum atomic E-state index is 12.4. The average Bonchev–Trinajstić information content (AvgIpc) is 3.14. The highest BCUT2D eigenvalue weighted by Crippen LogP contribution is 2.22. The summed E-state index contributed by atoms with van der Waals surface area (Å²) < 4.78 is 27.8. The molecule has 0 aliphatic carbocycles. The zero-order chi connectivity index (χ0) is 21.7. The number of benzene rings is 2. The minimum absolute atomic E-state index is 0.0571. The van der Waals surface area contributed by atoms with Gasteiger partial charge in [-0.05, 0) is 30.3 Å². The Kier molecular flexibility index (Phi) is 6.74. The summed E-state index contributed by atoms with van der Waals surface area (Å²) in [4.78, 5) is 22.0. The normalized spacial score (nSPS) is 11.1. The minimum Gasteiger partial charge on any atom is -0.352 e. The molecule has 0 aliphatic heterocycles. The highest BCUT2D eigenvalue weighted by molar-refractivity contribution is 9.10. The fourth-order valence-corrected chi connectivity index (χ4v) is 4.70. The summed E-state index contributed by atoms with van der Waals surface area (Å²) in [6.07, 6.45) is 0.372. The fourth-order valence-electron chi connectivity index (χ4n) is 2.33. The molecule has 3 rings (SSSR count). The van der Waals surface area contributed by atoms with E-state index in [4.69, 9.17) is 0 Å². The molecule has 1 aromatic heterocycles. The Morgan fingerprint density at radius 2 is 1.90 bits per heavy atom. The molecule has 0 saturated carbocycles. The molecular weight excluding hydrogens is 498 g/mol. The molecule has 0 fully saturated rings. The molecule has 0 aliphatic rings. The van der Waals surface area contributed by atoms with Gasteiger partial charge < -0.3 is 5.32 Å². The summed E-state index contributed by atoms with van der Waals surface area (Å²) in [5.74, 6) is -0.236. The Balaban J connectivity index is 1.56. The van der Waals surface area contributed by atoms with Gasteiger partial charge in [-0.25, -0.2) is 8.42 Å². The van der Waals surface area contributed by atoms with E-state index in [1.807, 2.05) is 6.07 Å².